The number of nitrogens with one attached hydrogen (secondary N) is 1. The number of ether oxygens (including phenoxy) is 2. The Bertz CT molecular complexity index is 584. The summed E-state index contributed by atoms with van der Waals surface area (Å²) in [5.41, 5.74) is 1.61. The van der Waals surface area contributed by atoms with Crippen molar-refractivity contribution in [3.8, 4) is 5.75 Å². The van der Waals surface area contributed by atoms with Crippen LogP contribution in [0.15, 0.2) is 54.6 Å². The van der Waals surface area contributed by atoms with E-state index >= 15 is 0 Å². The van der Waals surface area contributed by atoms with Gasteiger partial charge in [-0.3, -0.25) is 5.32 Å². The van der Waals surface area contributed by atoms with Crippen LogP contribution in [0.2, 0.25) is 0 Å². The van der Waals surface area contributed by atoms with Crippen molar-refractivity contribution in [1.29, 1.82) is 0 Å². The molecule has 0 aliphatic heterocycles. The third-order valence-electron chi connectivity index (χ3n) is 3.06. The number of anilines is 1. The summed E-state index contributed by atoms with van der Waals surface area (Å²) in [7, 11) is 0. The van der Waals surface area contributed by atoms with E-state index in [-0.39, 0.29) is 6.61 Å². The molecule has 4 heteroatoms. The van der Waals surface area contributed by atoms with E-state index in [9.17, 15) is 4.79 Å². The molecular formula is C18H21NO3. The van der Waals surface area contributed by atoms with Gasteiger partial charge in [0.25, 0.3) is 0 Å². The lowest BCUT2D eigenvalue weighted by Gasteiger charge is -2.09. The van der Waals surface area contributed by atoms with Gasteiger partial charge >= 0.3 is 6.09 Å². The van der Waals surface area contributed by atoms with E-state index in [2.05, 4.69) is 12.2 Å². The minimum atomic E-state index is -0.477. The Morgan fingerprint density at radius 3 is 2.68 bits per heavy atom. The van der Waals surface area contributed by atoms with Gasteiger partial charge in [-0.15, -0.1) is 0 Å². The van der Waals surface area contributed by atoms with Crippen molar-refractivity contribution < 1.29 is 14.3 Å². The average Bonchev–Trinajstić information content (AvgIpc) is 2.55. The topological polar surface area (TPSA) is 47.6 Å². The first kappa shape index (κ1) is 15.9. The first-order chi connectivity index (χ1) is 10.8. The Kier molecular flexibility index (Phi) is 6.30. The van der Waals surface area contributed by atoms with Gasteiger partial charge in [-0.1, -0.05) is 49.7 Å². The van der Waals surface area contributed by atoms with Crippen LogP contribution in [0, 0.1) is 0 Å². The van der Waals surface area contributed by atoms with Gasteiger partial charge in [-0.05, 0) is 24.1 Å². The van der Waals surface area contributed by atoms with Crippen LogP contribution in [-0.2, 0) is 11.3 Å². The Morgan fingerprint density at radius 1 is 1.09 bits per heavy atom. The molecule has 2 aromatic carbocycles. The van der Waals surface area contributed by atoms with E-state index in [0.717, 1.165) is 24.2 Å². The molecule has 0 spiro atoms. The minimum Gasteiger partial charge on any atom is -0.494 e. The van der Waals surface area contributed by atoms with E-state index in [1.54, 1.807) is 12.1 Å². The molecule has 0 aromatic heterocycles. The van der Waals surface area contributed by atoms with E-state index < -0.39 is 6.09 Å². The first-order valence-electron chi connectivity index (χ1n) is 7.48. The standard InChI is InChI=1S/C18H21NO3/c1-2-3-12-21-17-11-7-10-16(13-17)19-18(20)22-14-15-8-5-4-6-9-15/h4-11,13H,2-3,12,14H2,1H3,(H,19,20). The SMILES string of the molecule is CCCCOc1cccc(NC(=O)OCc2ccccc2)c1. The highest BCUT2D eigenvalue weighted by Gasteiger charge is 2.04. The molecule has 0 bridgehead atoms. The molecule has 0 radical (unpaired) electrons. The second-order valence-electron chi connectivity index (χ2n) is 4.92. The Hall–Kier alpha value is -2.49. The summed E-state index contributed by atoms with van der Waals surface area (Å²) in [5.74, 6) is 0.745. The quantitative estimate of drug-likeness (QED) is 0.759. The van der Waals surface area contributed by atoms with Crippen LogP contribution in [-0.4, -0.2) is 12.7 Å². The molecule has 0 aliphatic carbocycles. The zero-order valence-corrected chi connectivity index (χ0v) is 12.7. The van der Waals surface area contributed by atoms with Crippen molar-refractivity contribution in [1.82, 2.24) is 0 Å². The molecule has 116 valence electrons. The normalized spacial score (nSPS) is 10.0. The van der Waals surface area contributed by atoms with E-state index in [1.807, 2.05) is 42.5 Å². The third kappa shape index (κ3) is 5.48. The highest BCUT2D eigenvalue weighted by atomic mass is 16.5. The van der Waals surface area contributed by atoms with Gasteiger partial charge in [0.05, 0.1) is 6.61 Å². The molecule has 1 N–H and O–H groups in total. The fourth-order valence-electron chi connectivity index (χ4n) is 1.88. The zero-order valence-electron chi connectivity index (χ0n) is 12.7. The van der Waals surface area contributed by atoms with Gasteiger partial charge in [0, 0.05) is 11.8 Å². The van der Waals surface area contributed by atoms with Crippen LogP contribution in [0.1, 0.15) is 25.3 Å². The second-order valence-corrected chi connectivity index (χ2v) is 4.92. The molecule has 0 aliphatic rings. The maximum absolute atomic E-state index is 11.8. The first-order valence-corrected chi connectivity index (χ1v) is 7.48. The number of hydrogen-bond donors (Lipinski definition) is 1. The van der Waals surface area contributed by atoms with Crippen LogP contribution in [0.4, 0.5) is 10.5 Å². The molecule has 4 nitrogen and oxygen atoms in total. The monoisotopic (exact) mass is 299 g/mol. The van der Waals surface area contributed by atoms with Crippen LogP contribution in [0.5, 0.6) is 5.75 Å². The summed E-state index contributed by atoms with van der Waals surface area (Å²) in [6.45, 7) is 3.04. The molecule has 22 heavy (non-hydrogen) atoms. The predicted octanol–water partition coefficient (Wildman–Crippen LogP) is 4.61. The maximum Gasteiger partial charge on any atom is 0.411 e. The van der Waals surface area contributed by atoms with Crippen molar-refractivity contribution in [3.05, 3.63) is 60.2 Å². The number of benzene rings is 2. The second kappa shape index (κ2) is 8.72. The van der Waals surface area contributed by atoms with Crippen LogP contribution < -0.4 is 10.1 Å². The van der Waals surface area contributed by atoms with Crippen molar-refractivity contribution in [3.63, 3.8) is 0 Å². The molecule has 0 saturated carbocycles. The molecule has 0 fully saturated rings. The van der Waals surface area contributed by atoms with Gasteiger partial charge in [0.15, 0.2) is 0 Å². The fraction of sp³-hybridized carbons (Fsp3) is 0.278. The molecule has 2 aromatic rings. The Labute approximate surface area is 131 Å². The third-order valence-corrected chi connectivity index (χ3v) is 3.06. The maximum atomic E-state index is 11.8. The fourth-order valence-corrected chi connectivity index (χ4v) is 1.88. The molecule has 0 saturated heterocycles. The molecule has 1 amide bonds. The predicted molar refractivity (Wildman–Crippen MR) is 87.1 cm³/mol. The number of carbonyl (C=O) groups is 1. The summed E-state index contributed by atoms with van der Waals surface area (Å²) < 4.78 is 10.8. The highest BCUT2D eigenvalue weighted by Crippen LogP contribution is 2.18. The van der Waals surface area contributed by atoms with Crippen molar-refractivity contribution in [2.45, 2.75) is 26.4 Å². The van der Waals surface area contributed by atoms with Crippen molar-refractivity contribution in [2.75, 3.05) is 11.9 Å². The summed E-state index contributed by atoms with van der Waals surface area (Å²) >= 11 is 0. The summed E-state index contributed by atoms with van der Waals surface area (Å²) in [6, 6.07) is 16.9. The van der Waals surface area contributed by atoms with Gasteiger partial charge in [0.2, 0.25) is 0 Å². The summed E-state index contributed by atoms with van der Waals surface area (Å²) in [6.07, 6.45) is 1.62. The zero-order chi connectivity index (χ0) is 15.6. The Morgan fingerprint density at radius 2 is 1.91 bits per heavy atom. The molecule has 0 unspecified atom stereocenters. The van der Waals surface area contributed by atoms with Crippen molar-refractivity contribution >= 4 is 11.8 Å². The lowest BCUT2D eigenvalue weighted by Crippen LogP contribution is -2.13. The molecule has 0 heterocycles. The van der Waals surface area contributed by atoms with Crippen LogP contribution in [0.3, 0.4) is 0 Å². The van der Waals surface area contributed by atoms with Gasteiger partial charge in [0.1, 0.15) is 12.4 Å². The number of unbranched alkanes of at least 4 members (excludes halogenated alkanes) is 1. The van der Waals surface area contributed by atoms with Gasteiger partial charge in [-0.2, -0.15) is 0 Å². The summed E-state index contributed by atoms with van der Waals surface area (Å²) in [4.78, 5) is 11.8. The molecule has 0 atom stereocenters. The van der Waals surface area contributed by atoms with Gasteiger partial charge < -0.3 is 9.47 Å². The average molecular weight is 299 g/mol. The largest absolute Gasteiger partial charge is 0.494 e. The van der Waals surface area contributed by atoms with Crippen LogP contribution in [0.25, 0.3) is 0 Å². The number of rotatable bonds is 7. The van der Waals surface area contributed by atoms with E-state index in [0.29, 0.717) is 12.3 Å². The van der Waals surface area contributed by atoms with Crippen molar-refractivity contribution in [2.24, 2.45) is 0 Å². The summed E-state index contributed by atoms with van der Waals surface area (Å²) in [5, 5.41) is 2.70. The number of carbonyl (C=O) groups excluding carboxylic acids is 1. The van der Waals surface area contributed by atoms with E-state index in [1.165, 1.54) is 0 Å². The van der Waals surface area contributed by atoms with E-state index in [4.69, 9.17) is 9.47 Å². The highest BCUT2D eigenvalue weighted by molar-refractivity contribution is 5.84. The lowest BCUT2D eigenvalue weighted by molar-refractivity contribution is 0.155. The lowest BCUT2D eigenvalue weighted by atomic mass is 10.2. The number of hydrogen-bond acceptors (Lipinski definition) is 3. The number of amides is 1. The smallest absolute Gasteiger partial charge is 0.411 e. The molecular weight excluding hydrogens is 278 g/mol. The van der Waals surface area contributed by atoms with Gasteiger partial charge in [-0.25, -0.2) is 4.79 Å². The molecule has 2 rings (SSSR count). The minimum absolute atomic E-state index is 0.249. The Balaban J connectivity index is 1.82. The van der Waals surface area contributed by atoms with Crippen LogP contribution >= 0.6 is 0 Å².